The predicted octanol–water partition coefficient (Wildman–Crippen LogP) is 24.7. The lowest BCUT2D eigenvalue weighted by Gasteiger charge is -2.21. The Morgan fingerprint density at radius 2 is 0.491 bits per heavy atom. The number of aliphatic hydroxyl groups excluding tert-OH is 1. The van der Waals surface area contributed by atoms with Gasteiger partial charge < -0.3 is 33.8 Å². The van der Waals surface area contributed by atoms with Crippen molar-refractivity contribution in [1.82, 2.24) is 0 Å². The van der Waals surface area contributed by atoms with E-state index in [1.807, 2.05) is 18.2 Å². The van der Waals surface area contributed by atoms with Gasteiger partial charge in [-0.3, -0.25) is 37.3 Å². The molecule has 2 unspecified atom stereocenters. The molecule has 0 radical (unpaired) electrons. The van der Waals surface area contributed by atoms with Gasteiger partial charge in [-0.2, -0.15) is 0 Å². The van der Waals surface area contributed by atoms with Crippen molar-refractivity contribution in [2.24, 2.45) is 0 Å². The highest BCUT2D eigenvalue weighted by molar-refractivity contribution is 7.47. The normalized spacial score (nSPS) is 14.9. The molecule has 0 aromatic carbocycles. The molecule has 5 atom stereocenters. The molecular weight excluding hydrogens is 1430 g/mol. The number of hydrogen-bond acceptors (Lipinski definition) is 15. The molecular formula is C91H144O17P2. The van der Waals surface area contributed by atoms with Gasteiger partial charge in [-0.15, -0.1) is 0 Å². The van der Waals surface area contributed by atoms with Crippen LogP contribution in [0.2, 0.25) is 0 Å². The van der Waals surface area contributed by atoms with Crippen LogP contribution in [0.1, 0.15) is 285 Å². The van der Waals surface area contributed by atoms with Crippen molar-refractivity contribution in [3.8, 4) is 0 Å². The maximum atomic E-state index is 13.1. The Balaban J connectivity index is 5.54. The van der Waals surface area contributed by atoms with Crippen LogP contribution in [0.3, 0.4) is 0 Å². The fourth-order valence-corrected chi connectivity index (χ4v) is 11.6. The summed E-state index contributed by atoms with van der Waals surface area (Å²) in [5, 5.41) is 10.7. The number of unbranched alkanes of at least 4 members (excludes halogenated alkanes) is 15. The Bertz CT molecular complexity index is 2900. The largest absolute Gasteiger partial charge is 0.472 e. The van der Waals surface area contributed by atoms with E-state index in [1.54, 1.807) is 0 Å². The zero-order valence-electron chi connectivity index (χ0n) is 67.8. The first-order valence-electron chi connectivity index (χ1n) is 41.3. The number of phosphoric acid groups is 2. The summed E-state index contributed by atoms with van der Waals surface area (Å²) in [5.41, 5.74) is 0. The molecule has 0 amide bonds. The highest BCUT2D eigenvalue weighted by Gasteiger charge is 2.30. The summed E-state index contributed by atoms with van der Waals surface area (Å²) >= 11 is 0. The quantitative estimate of drug-likeness (QED) is 0.0169. The number of allylic oxidation sites excluding steroid dienone is 34. The van der Waals surface area contributed by atoms with Crippen molar-refractivity contribution in [2.75, 3.05) is 39.6 Å². The minimum atomic E-state index is -5.02. The molecule has 0 aromatic heterocycles. The lowest BCUT2D eigenvalue weighted by molar-refractivity contribution is -0.161. The molecule has 620 valence electrons. The van der Waals surface area contributed by atoms with Gasteiger partial charge in [-0.1, -0.05) is 286 Å². The van der Waals surface area contributed by atoms with E-state index in [9.17, 15) is 43.2 Å². The van der Waals surface area contributed by atoms with Crippen LogP contribution in [0, 0.1) is 0 Å². The molecule has 0 fully saturated rings. The highest BCUT2D eigenvalue weighted by Crippen LogP contribution is 2.45. The summed E-state index contributed by atoms with van der Waals surface area (Å²) in [4.78, 5) is 73.1. The molecule has 19 heteroatoms. The molecule has 0 saturated carbocycles. The van der Waals surface area contributed by atoms with Crippen molar-refractivity contribution >= 4 is 39.5 Å². The van der Waals surface area contributed by atoms with Crippen LogP contribution >= 0.6 is 15.6 Å². The third kappa shape index (κ3) is 79.7. The fraction of sp³-hybridized carbons (Fsp3) is 0.582. The van der Waals surface area contributed by atoms with E-state index in [1.165, 1.54) is 25.7 Å². The minimum Gasteiger partial charge on any atom is -0.462 e. The molecule has 110 heavy (non-hydrogen) atoms. The summed E-state index contributed by atoms with van der Waals surface area (Å²) in [6.07, 6.45) is 101. The maximum absolute atomic E-state index is 13.1. The van der Waals surface area contributed by atoms with Crippen molar-refractivity contribution in [3.63, 3.8) is 0 Å². The van der Waals surface area contributed by atoms with Gasteiger partial charge in [0, 0.05) is 25.7 Å². The Hall–Kier alpha value is -6.36. The average molecular weight is 1570 g/mol. The lowest BCUT2D eigenvalue weighted by Crippen LogP contribution is -2.30. The number of hydrogen-bond donors (Lipinski definition) is 3. The molecule has 0 spiro atoms. The summed E-state index contributed by atoms with van der Waals surface area (Å²) in [5.74, 6) is -2.38. The summed E-state index contributed by atoms with van der Waals surface area (Å²) < 4.78 is 68.6. The van der Waals surface area contributed by atoms with Gasteiger partial charge in [0.05, 0.1) is 26.4 Å². The van der Waals surface area contributed by atoms with Crippen LogP contribution < -0.4 is 0 Å². The predicted molar refractivity (Wildman–Crippen MR) is 454 cm³/mol. The van der Waals surface area contributed by atoms with Crippen molar-refractivity contribution in [1.29, 1.82) is 0 Å². The number of phosphoric ester groups is 2. The van der Waals surface area contributed by atoms with E-state index in [2.05, 4.69) is 216 Å². The first-order valence-corrected chi connectivity index (χ1v) is 44.3. The van der Waals surface area contributed by atoms with Gasteiger partial charge in [0.1, 0.15) is 19.3 Å². The van der Waals surface area contributed by atoms with E-state index in [4.69, 9.17) is 37.0 Å². The minimum absolute atomic E-state index is 0.0368. The van der Waals surface area contributed by atoms with E-state index in [-0.39, 0.29) is 25.7 Å². The number of esters is 4. The van der Waals surface area contributed by atoms with Crippen LogP contribution in [0.4, 0.5) is 0 Å². The highest BCUT2D eigenvalue weighted by atomic mass is 31.2. The van der Waals surface area contributed by atoms with Crippen LogP contribution in [0.5, 0.6) is 0 Å². The standard InChI is InChI=1S/C91H144O17P2/c1-5-9-13-17-21-25-29-33-36-39-42-45-48-52-56-60-64-68-72-76-89(94)102-82-87(108-91(96)78-74-70-66-62-58-54-50-47-44-41-38-35-31-27-23-19-15-11-7-3)84-106-110(99,100)104-80-85(92)79-103-109(97,98)105-83-86(81-101-88(93)75-71-67-63-59-55-51-32-28-24-20-16-12-8-4)107-90(95)77-73-69-65-61-57-53-49-46-43-40-37-34-30-26-22-18-14-10-6-2/h9-11,13-15,21-23,25-28,32-38,42-47,52-54,56-58,65,69,85-87,92H,5-8,12,16-20,24,29-31,39-41,48-51,55,59-64,66-68,70-84H2,1-4H3,(H,97,98)(H,99,100)/b13-9-,14-10-,15-11-,25-21-,26-22-,27-23-,32-28-,36-33-,37-34-,38-35-,45-42-,46-43-,47-44-,56-52-,57-53-,58-54-,69-65-/t85-,86+,87+/m0/s1. The van der Waals surface area contributed by atoms with Crippen molar-refractivity contribution < 1.29 is 80.2 Å². The van der Waals surface area contributed by atoms with Crippen molar-refractivity contribution in [3.05, 3.63) is 207 Å². The van der Waals surface area contributed by atoms with Gasteiger partial charge in [0.25, 0.3) is 0 Å². The van der Waals surface area contributed by atoms with Crippen LogP contribution in [0.25, 0.3) is 0 Å². The Labute approximate surface area is 665 Å². The summed E-state index contributed by atoms with van der Waals surface area (Å²) in [6, 6.07) is 0. The van der Waals surface area contributed by atoms with Gasteiger partial charge >= 0.3 is 39.5 Å². The topological polar surface area (TPSA) is 237 Å². The van der Waals surface area contributed by atoms with E-state index in [0.29, 0.717) is 32.1 Å². The Kier molecular flexibility index (Phi) is 76.0. The smallest absolute Gasteiger partial charge is 0.462 e. The number of rotatable bonds is 75. The third-order valence-electron chi connectivity index (χ3n) is 16.2. The molecule has 0 aliphatic heterocycles. The van der Waals surface area contributed by atoms with Crippen LogP contribution in [-0.2, 0) is 65.4 Å². The van der Waals surface area contributed by atoms with E-state index < -0.39 is 97.5 Å². The number of aliphatic hydroxyl groups is 1. The second-order valence-corrected chi connectivity index (χ2v) is 29.5. The zero-order chi connectivity index (χ0) is 80.3. The van der Waals surface area contributed by atoms with Gasteiger partial charge in [0.2, 0.25) is 0 Å². The molecule has 0 aliphatic rings. The average Bonchev–Trinajstić information content (AvgIpc) is 0.908. The molecule has 0 rings (SSSR count). The monoisotopic (exact) mass is 1570 g/mol. The SMILES string of the molecule is CC/C=C\C/C=C\C/C=C\C/C=C\C/C=C\C/C=C\CCC(=O)O[C@H](COC(=O)CCCCCCC/C=C\CCCCCC)COP(=O)(O)OC[C@H](O)COP(=O)(O)OC[C@@H](COC(=O)CCCCC/C=C\C/C=C\C/C=C\C/C=C\C/C=C\CC)OC(=O)CCCCC/C=C\C/C=C\C/C=C\C/C=C\C/C=C\CC. The second-order valence-electron chi connectivity index (χ2n) is 26.6. The summed E-state index contributed by atoms with van der Waals surface area (Å²) in [6.45, 7) is 4.32. The molecule has 17 nitrogen and oxygen atoms in total. The van der Waals surface area contributed by atoms with Crippen LogP contribution in [0.15, 0.2) is 207 Å². The number of carbonyl (C=O) groups is 4. The van der Waals surface area contributed by atoms with E-state index in [0.717, 1.165) is 173 Å². The summed E-state index contributed by atoms with van der Waals surface area (Å²) in [7, 11) is -10.0. The van der Waals surface area contributed by atoms with Gasteiger partial charge in [0.15, 0.2) is 12.2 Å². The Morgan fingerprint density at radius 1 is 0.264 bits per heavy atom. The van der Waals surface area contributed by atoms with Gasteiger partial charge in [-0.25, -0.2) is 9.13 Å². The first kappa shape index (κ1) is 104. The molecule has 0 heterocycles. The third-order valence-corrected chi connectivity index (χ3v) is 18.1. The zero-order valence-corrected chi connectivity index (χ0v) is 69.6. The molecule has 0 aromatic rings. The number of ether oxygens (including phenoxy) is 4. The second kappa shape index (κ2) is 80.7. The maximum Gasteiger partial charge on any atom is 0.472 e. The van der Waals surface area contributed by atoms with E-state index >= 15 is 0 Å². The molecule has 0 aliphatic carbocycles. The molecule has 0 bridgehead atoms. The molecule has 0 saturated heterocycles. The lowest BCUT2D eigenvalue weighted by atomic mass is 10.1. The van der Waals surface area contributed by atoms with Crippen molar-refractivity contribution in [2.45, 2.75) is 303 Å². The van der Waals surface area contributed by atoms with Gasteiger partial charge in [-0.05, 0) is 180 Å². The van der Waals surface area contributed by atoms with Crippen LogP contribution in [-0.4, -0.2) is 96.7 Å². The first-order chi connectivity index (χ1) is 53.7. The number of carbonyl (C=O) groups excluding carboxylic acids is 4. The molecule has 3 N–H and O–H groups in total. The fourth-order valence-electron chi connectivity index (χ4n) is 10.1. The Morgan fingerprint density at radius 3 is 0.800 bits per heavy atom.